The summed E-state index contributed by atoms with van der Waals surface area (Å²) in [6.45, 7) is 4.69. The molecule has 0 aromatic carbocycles. The zero-order valence-corrected chi connectivity index (χ0v) is 11.0. The van der Waals surface area contributed by atoms with E-state index < -0.39 is 0 Å². The van der Waals surface area contributed by atoms with E-state index in [-0.39, 0.29) is 0 Å². The van der Waals surface area contributed by atoms with E-state index in [4.69, 9.17) is 0 Å². The fourth-order valence-corrected chi connectivity index (χ4v) is 2.58. The highest BCUT2D eigenvalue weighted by atomic mass is 15.1. The van der Waals surface area contributed by atoms with E-state index in [1.165, 1.54) is 31.8 Å². The Morgan fingerprint density at radius 3 is 3.06 bits per heavy atom. The molecule has 4 heteroatoms. The first kappa shape index (κ1) is 12.6. The number of nitrogens with zero attached hydrogens (tertiary/aromatic N) is 3. The number of hydrogen-bond donors (Lipinski definition) is 1. The van der Waals surface area contributed by atoms with Crippen molar-refractivity contribution in [3.63, 3.8) is 0 Å². The monoisotopic (exact) mass is 236 g/mol. The predicted octanol–water partition coefficient (Wildman–Crippen LogP) is 0.894. The van der Waals surface area contributed by atoms with E-state index in [1.807, 2.05) is 12.4 Å². The molecule has 1 N–H and O–H groups in total. The van der Waals surface area contributed by atoms with Gasteiger partial charge in [-0.2, -0.15) is 0 Å². The number of piperidine rings is 1. The minimum atomic E-state index is 0.829. The van der Waals surface area contributed by atoms with Crippen molar-refractivity contribution in [2.45, 2.75) is 19.3 Å². The first-order valence-electron chi connectivity index (χ1n) is 6.61. The highest BCUT2D eigenvalue weighted by Crippen LogP contribution is 2.13. The van der Waals surface area contributed by atoms with E-state index in [0.29, 0.717) is 0 Å². The largest absolute Gasteiger partial charge is 0.338 e. The molecule has 2 rings (SSSR count). The van der Waals surface area contributed by atoms with Crippen LogP contribution >= 0.6 is 0 Å². The maximum absolute atomic E-state index is 4.33. The smallest absolute Gasteiger partial charge is 0.109 e. The number of nitrogens with one attached hydrogen (secondary N) is 1. The van der Waals surface area contributed by atoms with Crippen LogP contribution in [0.5, 0.6) is 0 Å². The molecule has 0 spiro atoms. The molecule has 1 aliphatic heterocycles. The normalized spacial score (nSPS) is 21.9. The summed E-state index contributed by atoms with van der Waals surface area (Å²) in [6, 6.07) is 0. The van der Waals surface area contributed by atoms with Gasteiger partial charge in [-0.1, -0.05) is 0 Å². The molecular formula is C13H24N4. The number of aryl methyl sites for hydroxylation is 1. The van der Waals surface area contributed by atoms with Crippen LogP contribution in [0.15, 0.2) is 12.4 Å². The number of imidazole rings is 1. The van der Waals surface area contributed by atoms with Crippen molar-refractivity contribution in [2.24, 2.45) is 13.0 Å². The maximum atomic E-state index is 4.33. The molecule has 1 unspecified atom stereocenters. The molecule has 1 fully saturated rings. The third kappa shape index (κ3) is 3.82. The third-order valence-electron chi connectivity index (χ3n) is 3.60. The van der Waals surface area contributed by atoms with Crippen molar-refractivity contribution >= 4 is 0 Å². The minimum absolute atomic E-state index is 0.829. The Balaban J connectivity index is 1.61. The molecule has 4 nitrogen and oxygen atoms in total. The summed E-state index contributed by atoms with van der Waals surface area (Å²) < 4.78 is 2.09. The quantitative estimate of drug-likeness (QED) is 0.771. The van der Waals surface area contributed by atoms with Crippen molar-refractivity contribution in [3.05, 3.63) is 18.2 Å². The Morgan fingerprint density at radius 1 is 1.47 bits per heavy atom. The van der Waals surface area contributed by atoms with Gasteiger partial charge in [-0.15, -0.1) is 0 Å². The summed E-state index contributed by atoms with van der Waals surface area (Å²) in [4.78, 5) is 6.77. The van der Waals surface area contributed by atoms with Crippen LogP contribution in [0, 0.1) is 5.92 Å². The average molecular weight is 236 g/mol. The van der Waals surface area contributed by atoms with Crippen LogP contribution in [0.25, 0.3) is 0 Å². The average Bonchev–Trinajstić information content (AvgIpc) is 2.71. The van der Waals surface area contributed by atoms with E-state index >= 15 is 0 Å². The minimum Gasteiger partial charge on any atom is -0.338 e. The van der Waals surface area contributed by atoms with Gasteiger partial charge >= 0.3 is 0 Å². The lowest BCUT2D eigenvalue weighted by molar-refractivity contribution is 0.206. The second kappa shape index (κ2) is 6.17. The second-order valence-electron chi connectivity index (χ2n) is 5.18. The molecule has 0 bridgehead atoms. The SMILES string of the molecule is CN1CCCC(CNCCc2nccn2C)C1. The maximum Gasteiger partial charge on any atom is 0.109 e. The summed E-state index contributed by atoms with van der Waals surface area (Å²) in [5.74, 6) is 1.99. The van der Waals surface area contributed by atoms with Crippen molar-refractivity contribution < 1.29 is 0 Å². The molecule has 96 valence electrons. The first-order chi connectivity index (χ1) is 8.25. The van der Waals surface area contributed by atoms with Crippen LogP contribution in [-0.4, -0.2) is 47.7 Å². The van der Waals surface area contributed by atoms with Gasteiger partial charge in [0.1, 0.15) is 5.82 Å². The molecular weight excluding hydrogens is 212 g/mol. The Kier molecular flexibility index (Phi) is 4.57. The predicted molar refractivity (Wildman–Crippen MR) is 70.0 cm³/mol. The molecule has 0 radical (unpaired) electrons. The van der Waals surface area contributed by atoms with Crippen molar-refractivity contribution in [1.29, 1.82) is 0 Å². The van der Waals surface area contributed by atoms with Crippen molar-refractivity contribution in [1.82, 2.24) is 19.8 Å². The molecule has 1 aliphatic rings. The van der Waals surface area contributed by atoms with Gasteiger partial charge in [0, 0.05) is 39.0 Å². The summed E-state index contributed by atoms with van der Waals surface area (Å²) in [5, 5.41) is 3.56. The number of hydrogen-bond acceptors (Lipinski definition) is 3. The van der Waals surface area contributed by atoms with Crippen LogP contribution in [-0.2, 0) is 13.5 Å². The fraction of sp³-hybridized carbons (Fsp3) is 0.769. The Bertz CT molecular complexity index is 334. The van der Waals surface area contributed by atoms with Gasteiger partial charge in [-0.25, -0.2) is 4.98 Å². The van der Waals surface area contributed by atoms with Gasteiger partial charge < -0.3 is 14.8 Å². The van der Waals surface area contributed by atoms with E-state index in [0.717, 1.165) is 25.4 Å². The van der Waals surface area contributed by atoms with Gasteiger partial charge in [0.25, 0.3) is 0 Å². The first-order valence-corrected chi connectivity index (χ1v) is 6.61. The number of rotatable bonds is 5. The molecule has 1 aromatic heterocycles. The van der Waals surface area contributed by atoms with Crippen molar-refractivity contribution in [3.8, 4) is 0 Å². The zero-order valence-electron chi connectivity index (χ0n) is 11.0. The van der Waals surface area contributed by atoms with Crippen LogP contribution in [0.3, 0.4) is 0 Å². The summed E-state index contributed by atoms with van der Waals surface area (Å²) in [5.41, 5.74) is 0. The topological polar surface area (TPSA) is 33.1 Å². The summed E-state index contributed by atoms with van der Waals surface area (Å²) in [7, 11) is 4.28. The van der Waals surface area contributed by atoms with E-state index in [9.17, 15) is 0 Å². The Labute approximate surface area is 104 Å². The lowest BCUT2D eigenvalue weighted by Crippen LogP contribution is -2.37. The number of likely N-dealkylation sites (tertiary alicyclic amines) is 1. The van der Waals surface area contributed by atoms with E-state index in [2.05, 4.69) is 33.9 Å². The molecule has 0 saturated carbocycles. The molecule has 2 heterocycles. The lowest BCUT2D eigenvalue weighted by atomic mass is 9.98. The highest BCUT2D eigenvalue weighted by Gasteiger charge is 2.16. The molecule has 0 aliphatic carbocycles. The zero-order chi connectivity index (χ0) is 12.1. The Morgan fingerprint density at radius 2 is 2.35 bits per heavy atom. The van der Waals surface area contributed by atoms with Crippen LogP contribution in [0.1, 0.15) is 18.7 Å². The molecule has 17 heavy (non-hydrogen) atoms. The molecule has 1 saturated heterocycles. The van der Waals surface area contributed by atoms with Gasteiger partial charge in [0.05, 0.1) is 0 Å². The summed E-state index contributed by atoms with van der Waals surface area (Å²) in [6.07, 6.45) is 7.62. The van der Waals surface area contributed by atoms with Crippen LogP contribution < -0.4 is 5.32 Å². The van der Waals surface area contributed by atoms with Crippen molar-refractivity contribution in [2.75, 3.05) is 33.2 Å². The molecule has 1 atom stereocenters. The number of aromatic nitrogens is 2. The van der Waals surface area contributed by atoms with Crippen LogP contribution in [0.2, 0.25) is 0 Å². The molecule has 0 amide bonds. The van der Waals surface area contributed by atoms with Crippen LogP contribution in [0.4, 0.5) is 0 Å². The highest BCUT2D eigenvalue weighted by molar-refractivity contribution is 4.91. The molecule has 1 aromatic rings. The van der Waals surface area contributed by atoms with E-state index in [1.54, 1.807) is 0 Å². The van der Waals surface area contributed by atoms with Gasteiger partial charge in [-0.3, -0.25) is 0 Å². The summed E-state index contributed by atoms with van der Waals surface area (Å²) >= 11 is 0. The second-order valence-corrected chi connectivity index (χ2v) is 5.18. The third-order valence-corrected chi connectivity index (χ3v) is 3.60. The Hall–Kier alpha value is -0.870. The van der Waals surface area contributed by atoms with Gasteiger partial charge in [-0.05, 0) is 38.9 Å². The standard InChI is InChI=1S/C13H24N4/c1-16-8-3-4-12(11-16)10-14-6-5-13-15-7-9-17(13)2/h7,9,12,14H,3-6,8,10-11H2,1-2H3. The van der Waals surface area contributed by atoms with Gasteiger partial charge in [0.2, 0.25) is 0 Å². The van der Waals surface area contributed by atoms with Gasteiger partial charge in [0.15, 0.2) is 0 Å². The fourth-order valence-electron chi connectivity index (χ4n) is 2.58. The lowest BCUT2D eigenvalue weighted by Gasteiger charge is -2.29.